The van der Waals surface area contributed by atoms with Crippen molar-refractivity contribution in [2.24, 2.45) is 0 Å². The summed E-state index contributed by atoms with van der Waals surface area (Å²) in [6.07, 6.45) is 1.26. The second-order valence-electron chi connectivity index (χ2n) is 4.34. The lowest BCUT2D eigenvalue weighted by molar-refractivity contribution is 0.117. The third-order valence-corrected chi connectivity index (χ3v) is 3.71. The lowest BCUT2D eigenvalue weighted by Crippen LogP contribution is -2.16. The van der Waals surface area contributed by atoms with Gasteiger partial charge in [0.1, 0.15) is 5.82 Å². The summed E-state index contributed by atoms with van der Waals surface area (Å²) >= 11 is 3.46. The lowest BCUT2D eigenvalue weighted by Gasteiger charge is -2.06. The molecule has 0 bridgehead atoms. The van der Waals surface area contributed by atoms with Crippen LogP contribution < -0.4 is 5.32 Å². The number of methoxy groups -OCH3 is 1. The molecule has 5 heteroatoms. The van der Waals surface area contributed by atoms with Crippen molar-refractivity contribution in [3.8, 4) is 0 Å². The van der Waals surface area contributed by atoms with E-state index in [4.69, 9.17) is 4.74 Å². The zero-order chi connectivity index (χ0) is 11.8. The van der Waals surface area contributed by atoms with E-state index in [0.29, 0.717) is 6.10 Å². The first-order valence-electron chi connectivity index (χ1n) is 5.67. The van der Waals surface area contributed by atoms with E-state index in [1.165, 1.54) is 0 Å². The van der Waals surface area contributed by atoms with Crippen LogP contribution >= 0.6 is 15.9 Å². The number of nitrogens with zero attached hydrogens (tertiary/aromatic N) is 1. The summed E-state index contributed by atoms with van der Waals surface area (Å²) in [5.74, 6) is 0.998. The highest BCUT2D eigenvalue weighted by Crippen LogP contribution is 2.25. The number of aromatic nitrogens is 2. The maximum Gasteiger partial charge on any atom is 0.124 e. The van der Waals surface area contributed by atoms with Crippen LogP contribution in [0.1, 0.15) is 18.3 Å². The van der Waals surface area contributed by atoms with Crippen molar-refractivity contribution in [1.82, 2.24) is 15.3 Å². The minimum atomic E-state index is 0.270. The highest BCUT2D eigenvalue weighted by molar-refractivity contribution is 9.10. The monoisotopic (exact) mass is 295 g/mol. The molecule has 2 N–H and O–H groups in total. The van der Waals surface area contributed by atoms with Gasteiger partial charge in [-0.05, 0) is 24.6 Å². The van der Waals surface area contributed by atoms with Crippen molar-refractivity contribution in [2.45, 2.75) is 18.6 Å². The van der Waals surface area contributed by atoms with Gasteiger partial charge in [0.15, 0.2) is 0 Å². The summed E-state index contributed by atoms with van der Waals surface area (Å²) in [6.45, 7) is 0.891. The smallest absolute Gasteiger partial charge is 0.124 e. The fraction of sp³-hybridized carbons (Fsp3) is 0.417. The number of fused-ring (bicyclic) bond motifs is 1. The van der Waals surface area contributed by atoms with Crippen molar-refractivity contribution in [2.75, 3.05) is 13.7 Å². The maximum atomic E-state index is 5.34. The summed E-state index contributed by atoms with van der Waals surface area (Å²) in [5, 5.41) is 3.42. The molecule has 90 valence electrons. The number of hydrogen-bond donors (Lipinski definition) is 2. The molecule has 0 radical (unpaired) electrons. The Morgan fingerprint density at radius 3 is 3.12 bits per heavy atom. The van der Waals surface area contributed by atoms with Crippen LogP contribution in [0.25, 0.3) is 11.0 Å². The average Bonchev–Trinajstić information content (AvgIpc) is 2.93. The number of hydrogen-bond acceptors (Lipinski definition) is 3. The highest BCUT2D eigenvalue weighted by Gasteiger charge is 2.27. The molecule has 0 aliphatic carbocycles. The van der Waals surface area contributed by atoms with Gasteiger partial charge in [0.05, 0.1) is 23.2 Å². The van der Waals surface area contributed by atoms with E-state index in [1.54, 1.807) is 7.11 Å². The fourth-order valence-electron chi connectivity index (χ4n) is 2.26. The minimum absolute atomic E-state index is 0.270. The van der Waals surface area contributed by atoms with Crippen molar-refractivity contribution < 1.29 is 4.74 Å². The molecule has 3 rings (SSSR count). The molecule has 2 atom stereocenters. The molecule has 2 heterocycles. The number of nitrogens with one attached hydrogen (secondary N) is 2. The van der Waals surface area contributed by atoms with Crippen molar-refractivity contribution in [3.63, 3.8) is 0 Å². The molecular weight excluding hydrogens is 282 g/mol. The first-order chi connectivity index (χ1) is 8.26. The molecule has 17 heavy (non-hydrogen) atoms. The van der Waals surface area contributed by atoms with Crippen LogP contribution in [0.15, 0.2) is 22.7 Å². The van der Waals surface area contributed by atoms with Crippen LogP contribution in [0.4, 0.5) is 0 Å². The third-order valence-electron chi connectivity index (χ3n) is 3.22. The predicted molar refractivity (Wildman–Crippen MR) is 70.0 cm³/mol. The summed E-state index contributed by atoms with van der Waals surface area (Å²) < 4.78 is 6.41. The van der Waals surface area contributed by atoms with Crippen molar-refractivity contribution in [3.05, 3.63) is 28.5 Å². The van der Waals surface area contributed by atoms with Crippen LogP contribution in [0.2, 0.25) is 0 Å². The van der Waals surface area contributed by atoms with Crippen molar-refractivity contribution in [1.29, 1.82) is 0 Å². The molecule has 2 aromatic rings. The molecule has 2 unspecified atom stereocenters. The van der Waals surface area contributed by atoms with Crippen molar-refractivity contribution >= 4 is 27.0 Å². The number of H-pyrrole nitrogens is 1. The minimum Gasteiger partial charge on any atom is -0.380 e. The standard InChI is InChI=1S/C12H14BrN3O/c1-17-8-5-11(14-6-8)12-15-9-3-2-7(13)4-10(9)16-12/h2-4,8,11,14H,5-6H2,1H3,(H,15,16). The largest absolute Gasteiger partial charge is 0.380 e. The Morgan fingerprint density at radius 2 is 2.35 bits per heavy atom. The Labute approximate surface area is 108 Å². The summed E-state index contributed by atoms with van der Waals surface area (Å²) in [7, 11) is 1.75. The SMILES string of the molecule is COC1CNC(c2nc3ccc(Br)cc3[nH]2)C1. The average molecular weight is 296 g/mol. The van der Waals surface area contributed by atoms with Crippen LogP contribution in [-0.2, 0) is 4.74 Å². The highest BCUT2D eigenvalue weighted by atomic mass is 79.9. The molecule has 0 spiro atoms. The topological polar surface area (TPSA) is 49.9 Å². The molecular formula is C12H14BrN3O. The lowest BCUT2D eigenvalue weighted by atomic mass is 10.2. The Kier molecular flexibility index (Phi) is 2.90. The van der Waals surface area contributed by atoms with E-state index in [9.17, 15) is 0 Å². The van der Waals surface area contributed by atoms with Gasteiger partial charge in [0.25, 0.3) is 0 Å². The molecule has 1 aliphatic heterocycles. The van der Waals surface area contributed by atoms with E-state index in [1.807, 2.05) is 12.1 Å². The van der Waals surface area contributed by atoms with Gasteiger partial charge in [-0.1, -0.05) is 15.9 Å². The summed E-state index contributed by atoms with van der Waals surface area (Å²) in [4.78, 5) is 7.97. The van der Waals surface area contributed by atoms with E-state index in [2.05, 4.69) is 37.3 Å². The Morgan fingerprint density at radius 1 is 1.47 bits per heavy atom. The van der Waals surface area contributed by atoms with Crippen LogP contribution in [0, 0.1) is 0 Å². The molecule has 1 fully saturated rings. The Bertz CT molecular complexity index is 540. The normalized spacial score (nSPS) is 24.6. The van der Waals surface area contributed by atoms with E-state index in [0.717, 1.165) is 34.3 Å². The molecule has 1 aliphatic rings. The zero-order valence-electron chi connectivity index (χ0n) is 9.53. The van der Waals surface area contributed by atoms with Gasteiger partial charge in [-0.2, -0.15) is 0 Å². The summed E-state index contributed by atoms with van der Waals surface area (Å²) in [6, 6.07) is 6.34. The Balaban J connectivity index is 1.91. The third kappa shape index (κ3) is 2.10. The maximum absolute atomic E-state index is 5.34. The molecule has 1 aromatic carbocycles. The molecule has 4 nitrogen and oxygen atoms in total. The van der Waals surface area contributed by atoms with E-state index >= 15 is 0 Å². The molecule has 0 amide bonds. The second-order valence-corrected chi connectivity index (χ2v) is 5.25. The number of aromatic amines is 1. The van der Waals surface area contributed by atoms with Gasteiger partial charge < -0.3 is 15.0 Å². The number of benzene rings is 1. The van der Waals surface area contributed by atoms with Gasteiger partial charge in [0, 0.05) is 18.1 Å². The number of rotatable bonds is 2. The van der Waals surface area contributed by atoms with Gasteiger partial charge in [-0.25, -0.2) is 4.98 Å². The van der Waals surface area contributed by atoms with Crippen LogP contribution in [0.3, 0.4) is 0 Å². The summed E-state index contributed by atoms with van der Waals surface area (Å²) in [5.41, 5.74) is 2.07. The predicted octanol–water partition coefficient (Wildman–Crippen LogP) is 2.37. The fourth-order valence-corrected chi connectivity index (χ4v) is 2.62. The zero-order valence-corrected chi connectivity index (χ0v) is 11.1. The molecule has 1 aromatic heterocycles. The van der Waals surface area contributed by atoms with E-state index in [-0.39, 0.29) is 6.04 Å². The van der Waals surface area contributed by atoms with E-state index < -0.39 is 0 Å². The van der Waals surface area contributed by atoms with Gasteiger partial charge in [-0.15, -0.1) is 0 Å². The number of imidazole rings is 1. The first kappa shape index (κ1) is 11.2. The second kappa shape index (κ2) is 4.40. The van der Waals surface area contributed by atoms with Gasteiger partial charge in [-0.3, -0.25) is 0 Å². The quantitative estimate of drug-likeness (QED) is 0.894. The van der Waals surface area contributed by atoms with Gasteiger partial charge in [0.2, 0.25) is 0 Å². The molecule has 1 saturated heterocycles. The van der Waals surface area contributed by atoms with Crippen LogP contribution in [0.5, 0.6) is 0 Å². The first-order valence-corrected chi connectivity index (χ1v) is 6.47. The molecule has 0 saturated carbocycles. The van der Waals surface area contributed by atoms with Crippen LogP contribution in [-0.4, -0.2) is 29.7 Å². The Hall–Kier alpha value is -0.910. The number of halogens is 1. The number of ether oxygens (including phenoxy) is 1. The van der Waals surface area contributed by atoms with Gasteiger partial charge >= 0.3 is 0 Å².